The van der Waals surface area contributed by atoms with Gasteiger partial charge in [0.1, 0.15) is 5.75 Å². The largest absolute Gasteiger partial charge is 0.494 e. The molecule has 0 saturated heterocycles. The van der Waals surface area contributed by atoms with Crippen molar-refractivity contribution in [3.05, 3.63) is 36.7 Å². The maximum absolute atomic E-state index is 5.95. The Kier molecular flexibility index (Phi) is 15.2. The molecule has 0 aliphatic heterocycles. The molecule has 4 nitrogen and oxygen atoms in total. The van der Waals surface area contributed by atoms with Crippen molar-refractivity contribution in [2.24, 2.45) is 11.8 Å². The number of aromatic nitrogens is 2. The highest BCUT2D eigenvalue weighted by Gasteiger charge is 2.06. The zero-order chi connectivity index (χ0) is 25.1. The first-order valence-corrected chi connectivity index (χ1v) is 14.3. The molecule has 2 rings (SSSR count). The van der Waals surface area contributed by atoms with Crippen LogP contribution in [-0.4, -0.2) is 23.2 Å². The summed E-state index contributed by atoms with van der Waals surface area (Å²) in [5.74, 6) is 3.88. The van der Waals surface area contributed by atoms with Crippen molar-refractivity contribution in [1.82, 2.24) is 9.97 Å². The third kappa shape index (κ3) is 13.5. The molecular formula is C31H50N2O2. The fourth-order valence-electron chi connectivity index (χ4n) is 4.24. The van der Waals surface area contributed by atoms with E-state index >= 15 is 0 Å². The number of hydrogen-bond acceptors (Lipinski definition) is 4. The normalized spacial score (nSPS) is 12.1. The Morgan fingerprint density at radius 3 is 1.86 bits per heavy atom. The van der Waals surface area contributed by atoms with E-state index in [0.29, 0.717) is 11.7 Å². The van der Waals surface area contributed by atoms with Gasteiger partial charge < -0.3 is 9.47 Å². The van der Waals surface area contributed by atoms with Crippen LogP contribution in [0.4, 0.5) is 0 Å². The maximum atomic E-state index is 5.95. The van der Waals surface area contributed by atoms with Gasteiger partial charge >= 0.3 is 0 Å². The Labute approximate surface area is 215 Å². The van der Waals surface area contributed by atoms with Gasteiger partial charge in [-0.3, -0.25) is 0 Å². The van der Waals surface area contributed by atoms with Crippen LogP contribution in [0.5, 0.6) is 11.5 Å². The van der Waals surface area contributed by atoms with Crippen LogP contribution in [0.15, 0.2) is 36.7 Å². The first kappa shape index (κ1) is 29.1. The number of unbranched alkanes of at least 4 members (excludes halogenated alkanes) is 8. The van der Waals surface area contributed by atoms with Gasteiger partial charge in [-0.25, -0.2) is 9.97 Å². The van der Waals surface area contributed by atoms with E-state index in [4.69, 9.17) is 9.47 Å². The molecule has 0 amide bonds. The summed E-state index contributed by atoms with van der Waals surface area (Å²) in [5, 5.41) is 0. The Morgan fingerprint density at radius 1 is 0.629 bits per heavy atom. The maximum Gasteiger partial charge on any atom is 0.159 e. The minimum Gasteiger partial charge on any atom is -0.494 e. The lowest BCUT2D eigenvalue weighted by Gasteiger charge is -2.13. The van der Waals surface area contributed by atoms with Crippen molar-refractivity contribution >= 4 is 0 Å². The molecule has 0 bridgehead atoms. The third-order valence-corrected chi connectivity index (χ3v) is 6.62. The van der Waals surface area contributed by atoms with Crippen molar-refractivity contribution in [2.75, 3.05) is 13.2 Å². The average molecular weight is 483 g/mol. The van der Waals surface area contributed by atoms with E-state index in [1.807, 2.05) is 24.3 Å². The highest BCUT2D eigenvalue weighted by atomic mass is 16.5. The molecule has 0 spiro atoms. The second-order valence-corrected chi connectivity index (χ2v) is 10.5. The molecule has 1 heterocycles. The molecule has 0 radical (unpaired) electrons. The number of benzene rings is 1. The highest BCUT2D eigenvalue weighted by molar-refractivity contribution is 5.56. The third-order valence-electron chi connectivity index (χ3n) is 6.62. The molecule has 2 aromatic rings. The summed E-state index contributed by atoms with van der Waals surface area (Å²) in [7, 11) is 0. The van der Waals surface area contributed by atoms with E-state index in [9.17, 15) is 0 Å². The quantitative estimate of drug-likeness (QED) is 0.176. The molecule has 0 N–H and O–H groups in total. The van der Waals surface area contributed by atoms with Crippen LogP contribution in [0, 0.1) is 11.8 Å². The van der Waals surface area contributed by atoms with Crippen LogP contribution in [0.3, 0.4) is 0 Å². The molecule has 1 aromatic heterocycles. The van der Waals surface area contributed by atoms with E-state index in [2.05, 4.69) is 37.7 Å². The zero-order valence-electron chi connectivity index (χ0n) is 22.9. The number of rotatable bonds is 20. The van der Waals surface area contributed by atoms with Gasteiger partial charge in [0.25, 0.3) is 0 Å². The first-order valence-electron chi connectivity index (χ1n) is 14.3. The highest BCUT2D eigenvalue weighted by Crippen LogP contribution is 2.22. The zero-order valence-corrected chi connectivity index (χ0v) is 22.9. The molecule has 1 atom stereocenters. The van der Waals surface area contributed by atoms with E-state index < -0.39 is 0 Å². The monoisotopic (exact) mass is 482 g/mol. The van der Waals surface area contributed by atoms with Gasteiger partial charge in [0.05, 0.1) is 25.6 Å². The molecule has 1 unspecified atom stereocenters. The van der Waals surface area contributed by atoms with Gasteiger partial charge in [0.2, 0.25) is 0 Å². The van der Waals surface area contributed by atoms with Crippen LogP contribution in [0.25, 0.3) is 11.4 Å². The lowest BCUT2D eigenvalue weighted by atomic mass is 9.98. The summed E-state index contributed by atoms with van der Waals surface area (Å²) in [4.78, 5) is 8.98. The molecule has 0 fully saturated rings. The molecule has 4 heteroatoms. The Balaban J connectivity index is 1.60. The Hall–Kier alpha value is -2.10. The molecule has 35 heavy (non-hydrogen) atoms. The number of hydrogen-bond donors (Lipinski definition) is 0. The van der Waals surface area contributed by atoms with Crippen molar-refractivity contribution in [3.63, 3.8) is 0 Å². The van der Waals surface area contributed by atoms with E-state index in [-0.39, 0.29) is 0 Å². The van der Waals surface area contributed by atoms with E-state index in [0.717, 1.165) is 49.0 Å². The fourth-order valence-corrected chi connectivity index (χ4v) is 4.24. The van der Waals surface area contributed by atoms with Crippen LogP contribution >= 0.6 is 0 Å². The topological polar surface area (TPSA) is 44.2 Å². The lowest BCUT2D eigenvalue weighted by Crippen LogP contribution is -2.04. The predicted molar refractivity (Wildman–Crippen MR) is 148 cm³/mol. The van der Waals surface area contributed by atoms with Gasteiger partial charge in [0.15, 0.2) is 11.6 Å². The molecule has 196 valence electrons. The number of ether oxygens (including phenoxy) is 2. The summed E-state index contributed by atoms with van der Waals surface area (Å²) < 4.78 is 11.8. The standard InChI is InChI=1S/C31H50N2O2/c1-5-6-7-8-9-10-11-12-13-22-34-30-24-32-31(33-25-30)28-17-19-29(20-18-28)35-23-21-27(4)16-14-15-26(2)3/h17-20,24-27H,5-16,21-23H2,1-4H3. The van der Waals surface area contributed by atoms with Crippen molar-refractivity contribution in [2.45, 2.75) is 111 Å². The second kappa shape index (κ2) is 18.2. The summed E-state index contributed by atoms with van der Waals surface area (Å²) in [6, 6.07) is 8.08. The number of nitrogens with zero attached hydrogens (tertiary/aromatic N) is 2. The summed E-state index contributed by atoms with van der Waals surface area (Å²) >= 11 is 0. The predicted octanol–water partition coefficient (Wildman–Crippen LogP) is 9.28. The second-order valence-electron chi connectivity index (χ2n) is 10.5. The van der Waals surface area contributed by atoms with Crippen LogP contribution in [0.1, 0.15) is 111 Å². The summed E-state index contributed by atoms with van der Waals surface area (Å²) in [6.07, 6.45) is 20.4. The van der Waals surface area contributed by atoms with Gasteiger partial charge in [-0.1, -0.05) is 98.3 Å². The van der Waals surface area contributed by atoms with Crippen molar-refractivity contribution in [3.8, 4) is 22.9 Å². The average Bonchev–Trinajstić information content (AvgIpc) is 2.86. The van der Waals surface area contributed by atoms with Gasteiger partial charge in [-0.2, -0.15) is 0 Å². The van der Waals surface area contributed by atoms with E-state index in [1.165, 1.54) is 70.6 Å². The minimum atomic E-state index is 0.711. The summed E-state index contributed by atoms with van der Waals surface area (Å²) in [5.41, 5.74) is 0.991. The van der Waals surface area contributed by atoms with Crippen molar-refractivity contribution < 1.29 is 9.47 Å². The van der Waals surface area contributed by atoms with Gasteiger partial charge in [-0.15, -0.1) is 0 Å². The lowest BCUT2D eigenvalue weighted by molar-refractivity contribution is 0.276. The first-order chi connectivity index (χ1) is 17.1. The van der Waals surface area contributed by atoms with Crippen LogP contribution < -0.4 is 9.47 Å². The van der Waals surface area contributed by atoms with E-state index in [1.54, 1.807) is 12.4 Å². The molecule has 0 aliphatic rings. The Morgan fingerprint density at radius 2 is 1.23 bits per heavy atom. The SMILES string of the molecule is CCCCCCCCCCCOc1cnc(-c2ccc(OCCC(C)CCCC(C)C)cc2)nc1. The van der Waals surface area contributed by atoms with Crippen molar-refractivity contribution in [1.29, 1.82) is 0 Å². The molecule has 1 aromatic carbocycles. The summed E-state index contributed by atoms with van der Waals surface area (Å²) in [6.45, 7) is 10.7. The molecular weight excluding hydrogens is 432 g/mol. The molecule has 0 aliphatic carbocycles. The minimum absolute atomic E-state index is 0.711. The molecule has 0 saturated carbocycles. The fraction of sp³-hybridized carbons (Fsp3) is 0.677. The van der Waals surface area contributed by atoms with Crippen LogP contribution in [0.2, 0.25) is 0 Å². The van der Waals surface area contributed by atoms with Gasteiger partial charge in [-0.05, 0) is 48.9 Å². The smallest absolute Gasteiger partial charge is 0.159 e. The Bertz CT molecular complexity index is 759. The van der Waals surface area contributed by atoms with Crippen LogP contribution in [-0.2, 0) is 0 Å². The van der Waals surface area contributed by atoms with Gasteiger partial charge in [0, 0.05) is 5.56 Å².